The van der Waals surface area contributed by atoms with Crippen molar-refractivity contribution in [2.24, 2.45) is 0 Å². The van der Waals surface area contributed by atoms with E-state index in [0.717, 1.165) is 0 Å². The first-order valence-corrected chi connectivity index (χ1v) is 3.68. The van der Waals surface area contributed by atoms with Gasteiger partial charge in [-0.15, -0.1) is 0 Å². The van der Waals surface area contributed by atoms with Gasteiger partial charge >= 0.3 is 11.2 Å². The second-order valence-electron chi connectivity index (χ2n) is 2.64. The number of aromatic amines is 1. The molecular formula is C6H5N5O3. The summed E-state index contributed by atoms with van der Waals surface area (Å²) >= 11 is 0. The van der Waals surface area contributed by atoms with Crippen LogP contribution >= 0.6 is 0 Å². The SMILES string of the molecule is Cc1c([N+](=O)[O-])c(=O)[nH]c2ncnn12. The lowest BCUT2D eigenvalue weighted by molar-refractivity contribution is -0.387. The van der Waals surface area contributed by atoms with E-state index in [1.807, 2.05) is 0 Å². The van der Waals surface area contributed by atoms with E-state index in [9.17, 15) is 14.9 Å². The van der Waals surface area contributed by atoms with Gasteiger partial charge in [-0.05, 0) is 6.92 Å². The van der Waals surface area contributed by atoms with Gasteiger partial charge < -0.3 is 0 Å². The Bertz CT molecular complexity index is 568. The van der Waals surface area contributed by atoms with Crippen LogP contribution < -0.4 is 5.56 Å². The van der Waals surface area contributed by atoms with E-state index < -0.39 is 16.2 Å². The monoisotopic (exact) mass is 195 g/mol. The fourth-order valence-corrected chi connectivity index (χ4v) is 1.21. The minimum Gasteiger partial charge on any atom is -0.285 e. The maximum atomic E-state index is 11.2. The first-order chi connectivity index (χ1) is 6.61. The summed E-state index contributed by atoms with van der Waals surface area (Å²) in [4.78, 5) is 27.0. The molecule has 2 heterocycles. The fourth-order valence-electron chi connectivity index (χ4n) is 1.21. The largest absolute Gasteiger partial charge is 0.355 e. The third-order valence-corrected chi connectivity index (χ3v) is 1.83. The molecule has 2 rings (SSSR count). The molecular weight excluding hydrogens is 190 g/mol. The minimum atomic E-state index is -0.770. The molecule has 1 N–H and O–H groups in total. The maximum Gasteiger partial charge on any atom is 0.355 e. The molecule has 8 heteroatoms. The van der Waals surface area contributed by atoms with Crippen molar-refractivity contribution in [1.82, 2.24) is 19.6 Å². The molecule has 2 aromatic rings. The number of nitrogens with zero attached hydrogens (tertiary/aromatic N) is 4. The topological polar surface area (TPSA) is 106 Å². The van der Waals surface area contributed by atoms with Crippen molar-refractivity contribution in [3.63, 3.8) is 0 Å². The Morgan fingerprint density at radius 1 is 1.64 bits per heavy atom. The highest BCUT2D eigenvalue weighted by Gasteiger charge is 2.20. The van der Waals surface area contributed by atoms with Gasteiger partial charge in [0, 0.05) is 0 Å². The summed E-state index contributed by atoms with van der Waals surface area (Å²) in [6, 6.07) is 0. The third kappa shape index (κ3) is 0.969. The Balaban J connectivity index is 2.96. The quantitative estimate of drug-likeness (QED) is 0.493. The molecule has 0 atom stereocenters. The van der Waals surface area contributed by atoms with Crippen LogP contribution in [0.25, 0.3) is 5.78 Å². The van der Waals surface area contributed by atoms with Crippen molar-refractivity contribution in [3.05, 3.63) is 32.5 Å². The van der Waals surface area contributed by atoms with Gasteiger partial charge in [-0.3, -0.25) is 19.9 Å². The summed E-state index contributed by atoms with van der Waals surface area (Å²) in [6.45, 7) is 1.44. The molecule has 0 amide bonds. The zero-order chi connectivity index (χ0) is 10.3. The predicted molar refractivity (Wildman–Crippen MR) is 45.0 cm³/mol. The molecule has 0 bridgehead atoms. The van der Waals surface area contributed by atoms with Crippen LogP contribution in [-0.4, -0.2) is 24.5 Å². The molecule has 0 fully saturated rings. The Morgan fingerprint density at radius 3 is 3.00 bits per heavy atom. The fraction of sp³-hybridized carbons (Fsp3) is 0.167. The highest BCUT2D eigenvalue weighted by molar-refractivity contribution is 5.39. The molecule has 0 aliphatic heterocycles. The molecule has 0 saturated heterocycles. The van der Waals surface area contributed by atoms with Gasteiger partial charge in [-0.25, -0.2) is 0 Å². The van der Waals surface area contributed by atoms with Crippen molar-refractivity contribution in [1.29, 1.82) is 0 Å². The predicted octanol–water partition coefficient (Wildman–Crippen LogP) is -0.366. The standard InChI is InChI=1S/C6H5N5O3/c1-3-4(11(13)14)5(12)9-6-7-2-8-10(3)6/h2H,1H3,(H,7,8,9,12). The minimum absolute atomic E-state index is 0.159. The van der Waals surface area contributed by atoms with Gasteiger partial charge in [-0.2, -0.15) is 14.6 Å². The number of aromatic nitrogens is 4. The first-order valence-electron chi connectivity index (χ1n) is 3.68. The molecule has 0 radical (unpaired) electrons. The van der Waals surface area contributed by atoms with Gasteiger partial charge in [0.2, 0.25) is 5.78 Å². The van der Waals surface area contributed by atoms with E-state index in [1.54, 1.807) is 0 Å². The molecule has 0 aromatic carbocycles. The molecule has 0 aliphatic rings. The van der Waals surface area contributed by atoms with Crippen molar-refractivity contribution in [2.75, 3.05) is 0 Å². The van der Waals surface area contributed by atoms with Crippen LogP contribution in [0.3, 0.4) is 0 Å². The highest BCUT2D eigenvalue weighted by Crippen LogP contribution is 2.10. The van der Waals surface area contributed by atoms with Crippen LogP contribution in [0, 0.1) is 17.0 Å². The van der Waals surface area contributed by atoms with Crippen LogP contribution in [0.4, 0.5) is 5.69 Å². The number of fused-ring (bicyclic) bond motifs is 1. The van der Waals surface area contributed by atoms with Crippen molar-refractivity contribution >= 4 is 11.5 Å². The lowest BCUT2D eigenvalue weighted by Crippen LogP contribution is -2.17. The van der Waals surface area contributed by atoms with E-state index in [2.05, 4.69) is 15.1 Å². The van der Waals surface area contributed by atoms with E-state index in [-0.39, 0.29) is 11.5 Å². The third-order valence-electron chi connectivity index (χ3n) is 1.83. The molecule has 72 valence electrons. The van der Waals surface area contributed by atoms with Gasteiger partial charge in [0.1, 0.15) is 12.0 Å². The van der Waals surface area contributed by atoms with Crippen molar-refractivity contribution in [2.45, 2.75) is 6.92 Å². The summed E-state index contributed by atoms with van der Waals surface area (Å²) in [5.41, 5.74) is -1.12. The van der Waals surface area contributed by atoms with E-state index in [1.165, 1.54) is 17.8 Å². The lowest BCUT2D eigenvalue weighted by atomic mass is 10.4. The van der Waals surface area contributed by atoms with Crippen LogP contribution in [0.15, 0.2) is 11.1 Å². The lowest BCUT2D eigenvalue weighted by Gasteiger charge is -1.97. The number of nitrogens with one attached hydrogen (secondary N) is 1. The first kappa shape index (κ1) is 8.35. The zero-order valence-corrected chi connectivity index (χ0v) is 7.09. The van der Waals surface area contributed by atoms with E-state index in [0.29, 0.717) is 0 Å². The van der Waals surface area contributed by atoms with Gasteiger partial charge in [0.05, 0.1) is 4.92 Å². The van der Waals surface area contributed by atoms with Crippen molar-refractivity contribution in [3.8, 4) is 0 Å². The van der Waals surface area contributed by atoms with E-state index >= 15 is 0 Å². The Kier molecular flexibility index (Phi) is 1.56. The molecule has 8 nitrogen and oxygen atoms in total. The Labute approximate surface area is 76.4 Å². The molecule has 0 unspecified atom stereocenters. The van der Waals surface area contributed by atoms with Crippen molar-refractivity contribution < 1.29 is 4.92 Å². The van der Waals surface area contributed by atoms with E-state index in [4.69, 9.17) is 0 Å². The number of hydrogen-bond donors (Lipinski definition) is 1. The van der Waals surface area contributed by atoms with Gasteiger partial charge in [-0.1, -0.05) is 0 Å². The number of hydrogen-bond acceptors (Lipinski definition) is 5. The molecule has 0 saturated carbocycles. The number of aryl methyl sites for hydroxylation is 1. The summed E-state index contributed by atoms with van der Waals surface area (Å²) in [5.74, 6) is 0.193. The molecule has 14 heavy (non-hydrogen) atoms. The van der Waals surface area contributed by atoms with Crippen LogP contribution in [-0.2, 0) is 0 Å². The maximum absolute atomic E-state index is 11.2. The van der Waals surface area contributed by atoms with Crippen LogP contribution in [0.2, 0.25) is 0 Å². The molecule has 0 aliphatic carbocycles. The second-order valence-corrected chi connectivity index (χ2v) is 2.64. The molecule has 0 spiro atoms. The highest BCUT2D eigenvalue weighted by atomic mass is 16.6. The normalized spacial score (nSPS) is 10.6. The van der Waals surface area contributed by atoms with Crippen LogP contribution in [0.5, 0.6) is 0 Å². The number of H-pyrrole nitrogens is 1. The molecule has 2 aromatic heterocycles. The van der Waals surface area contributed by atoms with Gasteiger partial charge in [0.15, 0.2) is 0 Å². The average Bonchev–Trinajstić information content (AvgIpc) is 2.50. The average molecular weight is 195 g/mol. The summed E-state index contributed by atoms with van der Waals surface area (Å²) in [7, 11) is 0. The summed E-state index contributed by atoms with van der Waals surface area (Å²) in [5, 5.41) is 14.3. The van der Waals surface area contributed by atoms with Gasteiger partial charge in [0.25, 0.3) is 0 Å². The number of rotatable bonds is 1. The Morgan fingerprint density at radius 2 is 2.36 bits per heavy atom. The second kappa shape index (κ2) is 2.62. The Hall–Kier alpha value is -2.25. The zero-order valence-electron chi connectivity index (χ0n) is 7.09. The number of nitro groups is 1. The summed E-state index contributed by atoms with van der Waals surface area (Å²) in [6.07, 6.45) is 1.21. The van der Waals surface area contributed by atoms with Crippen LogP contribution in [0.1, 0.15) is 5.69 Å². The smallest absolute Gasteiger partial charge is 0.285 e. The summed E-state index contributed by atoms with van der Waals surface area (Å²) < 4.78 is 1.21.